The number of esters is 1. The predicted molar refractivity (Wildman–Crippen MR) is 75.5 cm³/mol. The molecule has 1 rings (SSSR count). The number of carbonyl (C=O) groups excluding carboxylic acids is 1. The molecule has 1 heterocycles. The number of halogens is 1. The summed E-state index contributed by atoms with van der Waals surface area (Å²) in [5.41, 5.74) is 5.02. The van der Waals surface area contributed by atoms with Gasteiger partial charge in [-0.05, 0) is 20.8 Å². The van der Waals surface area contributed by atoms with Crippen LogP contribution in [0, 0.1) is 6.92 Å². The van der Waals surface area contributed by atoms with Gasteiger partial charge >= 0.3 is 5.97 Å². The lowest BCUT2D eigenvalue weighted by molar-refractivity contribution is 0.0563. The molecular weight excluding hydrogens is 308 g/mol. The van der Waals surface area contributed by atoms with Crippen LogP contribution in [0.25, 0.3) is 0 Å². The molecule has 1 aromatic rings. The maximum atomic E-state index is 12.0. The molecule has 0 unspecified atom stereocenters. The Hall–Kier alpha value is -1.09. The number of aryl methyl sites for hydroxylation is 1. The normalized spacial score (nSPS) is 11.8. The van der Waals surface area contributed by atoms with Crippen LogP contribution < -0.4 is 10.5 Å². The first-order valence-electron chi connectivity index (χ1n) is 5.54. The van der Waals surface area contributed by atoms with Crippen molar-refractivity contribution in [3.8, 4) is 0 Å². The van der Waals surface area contributed by atoms with Gasteiger partial charge in [0.15, 0.2) is 0 Å². The summed E-state index contributed by atoms with van der Waals surface area (Å²) in [4.78, 5) is 11.2. The Bertz CT molecular complexity index is 574. The van der Waals surface area contributed by atoms with E-state index in [4.69, 9.17) is 10.2 Å². The molecule has 0 aliphatic carbocycles. The van der Waals surface area contributed by atoms with E-state index in [9.17, 15) is 13.2 Å². The summed E-state index contributed by atoms with van der Waals surface area (Å²) in [7, 11) is -2.59. The number of rotatable bonds is 5. The molecule has 116 valence electrons. The van der Waals surface area contributed by atoms with Crippen LogP contribution in [0.2, 0.25) is 0 Å². The van der Waals surface area contributed by atoms with Gasteiger partial charge in [-0.15, -0.1) is 12.4 Å². The smallest absolute Gasteiger partial charge is 0.373 e. The van der Waals surface area contributed by atoms with E-state index >= 15 is 0 Å². The molecule has 0 aliphatic rings. The third kappa shape index (κ3) is 4.78. The monoisotopic (exact) mass is 326 g/mol. The van der Waals surface area contributed by atoms with E-state index in [1.165, 1.54) is 14.0 Å². The second-order valence-electron chi connectivity index (χ2n) is 4.84. The molecule has 0 amide bonds. The van der Waals surface area contributed by atoms with Crippen LogP contribution in [0.15, 0.2) is 15.4 Å². The second kappa shape index (κ2) is 6.57. The predicted octanol–water partition coefficient (Wildman–Crippen LogP) is 0.812. The Morgan fingerprint density at radius 3 is 2.50 bits per heavy atom. The second-order valence-corrected chi connectivity index (χ2v) is 6.57. The summed E-state index contributed by atoms with van der Waals surface area (Å²) >= 11 is 0. The Morgan fingerprint density at radius 2 is 2.05 bits per heavy atom. The van der Waals surface area contributed by atoms with Gasteiger partial charge < -0.3 is 14.9 Å². The molecule has 20 heavy (non-hydrogen) atoms. The van der Waals surface area contributed by atoms with Crippen molar-refractivity contribution in [1.82, 2.24) is 4.72 Å². The highest BCUT2D eigenvalue weighted by Gasteiger charge is 2.25. The molecule has 0 spiro atoms. The molecule has 9 heteroatoms. The first-order chi connectivity index (χ1) is 8.57. The van der Waals surface area contributed by atoms with Gasteiger partial charge in [-0.2, -0.15) is 0 Å². The number of nitrogens with two attached hydrogens (primary N) is 1. The number of hydrogen-bond donors (Lipinski definition) is 2. The largest absolute Gasteiger partial charge is 0.463 e. The molecule has 3 N–H and O–H groups in total. The highest BCUT2D eigenvalue weighted by molar-refractivity contribution is 7.89. The van der Waals surface area contributed by atoms with Crippen LogP contribution in [-0.2, 0) is 14.8 Å². The van der Waals surface area contributed by atoms with Crippen LogP contribution >= 0.6 is 12.4 Å². The van der Waals surface area contributed by atoms with Gasteiger partial charge in [0.2, 0.25) is 15.8 Å². The molecule has 0 fully saturated rings. The Balaban J connectivity index is 0.00000361. The highest BCUT2D eigenvalue weighted by atomic mass is 35.5. The van der Waals surface area contributed by atoms with Crippen molar-refractivity contribution in [2.24, 2.45) is 5.73 Å². The summed E-state index contributed by atoms with van der Waals surface area (Å²) in [6.45, 7) is 4.90. The van der Waals surface area contributed by atoms with Gasteiger partial charge in [-0.25, -0.2) is 17.9 Å². The Labute approximate surface area is 124 Å². The van der Waals surface area contributed by atoms with Crippen LogP contribution in [-0.4, -0.2) is 33.6 Å². The van der Waals surface area contributed by atoms with E-state index in [-0.39, 0.29) is 35.4 Å². The van der Waals surface area contributed by atoms with Gasteiger partial charge in [0, 0.05) is 18.2 Å². The number of sulfonamides is 1. The van der Waals surface area contributed by atoms with E-state index in [0.29, 0.717) is 0 Å². The van der Waals surface area contributed by atoms with Crippen molar-refractivity contribution in [1.29, 1.82) is 0 Å². The Morgan fingerprint density at radius 1 is 1.50 bits per heavy atom. The number of hydrogen-bond acceptors (Lipinski definition) is 6. The number of ether oxygens (including phenoxy) is 1. The topological polar surface area (TPSA) is 112 Å². The molecule has 0 radical (unpaired) electrons. The average Bonchev–Trinajstić information content (AvgIpc) is 2.68. The number of methoxy groups -OCH3 is 1. The van der Waals surface area contributed by atoms with E-state index < -0.39 is 21.5 Å². The van der Waals surface area contributed by atoms with Crippen molar-refractivity contribution in [3.63, 3.8) is 0 Å². The van der Waals surface area contributed by atoms with Crippen molar-refractivity contribution in [2.45, 2.75) is 31.2 Å². The third-order valence-electron chi connectivity index (χ3n) is 2.27. The maximum Gasteiger partial charge on any atom is 0.373 e. The summed E-state index contributed by atoms with van der Waals surface area (Å²) in [5, 5.41) is 0. The van der Waals surface area contributed by atoms with Gasteiger partial charge in [0.05, 0.1) is 7.11 Å². The van der Waals surface area contributed by atoms with Crippen molar-refractivity contribution in [3.05, 3.63) is 17.6 Å². The minimum Gasteiger partial charge on any atom is -0.463 e. The van der Waals surface area contributed by atoms with Gasteiger partial charge in [-0.1, -0.05) is 0 Å². The fraction of sp³-hybridized carbons (Fsp3) is 0.545. The molecule has 0 aromatic carbocycles. The lowest BCUT2D eigenvalue weighted by atomic mass is 10.1. The number of furan rings is 1. The van der Waals surface area contributed by atoms with Crippen LogP contribution in [0.5, 0.6) is 0 Å². The van der Waals surface area contributed by atoms with Crippen molar-refractivity contribution in [2.75, 3.05) is 13.7 Å². The minimum atomic E-state index is -3.78. The van der Waals surface area contributed by atoms with E-state index in [1.54, 1.807) is 13.8 Å². The molecule has 0 saturated carbocycles. The summed E-state index contributed by atoms with van der Waals surface area (Å²) in [5.74, 6) is -0.779. The number of carbonyl (C=O) groups is 1. The minimum absolute atomic E-state index is 0. The maximum absolute atomic E-state index is 12.0. The quantitative estimate of drug-likeness (QED) is 0.774. The molecule has 0 aliphatic heterocycles. The molecule has 7 nitrogen and oxygen atoms in total. The van der Waals surface area contributed by atoms with E-state index in [0.717, 1.165) is 6.07 Å². The fourth-order valence-electron chi connectivity index (χ4n) is 1.29. The zero-order chi connectivity index (χ0) is 14.8. The van der Waals surface area contributed by atoms with Crippen molar-refractivity contribution >= 4 is 28.4 Å². The van der Waals surface area contributed by atoms with Crippen LogP contribution in [0.4, 0.5) is 0 Å². The molecule has 0 saturated heterocycles. The molecule has 1 aromatic heterocycles. The molecule has 0 bridgehead atoms. The first-order valence-corrected chi connectivity index (χ1v) is 7.02. The Kier molecular flexibility index (Phi) is 6.22. The SMILES string of the molecule is COC(=O)c1cc(S(=O)(=O)NCC(C)(C)N)c(C)o1.Cl. The average molecular weight is 327 g/mol. The number of nitrogens with one attached hydrogen (secondary N) is 1. The molecular formula is C11H19ClN2O5S. The van der Waals surface area contributed by atoms with Crippen LogP contribution in [0.1, 0.15) is 30.2 Å². The van der Waals surface area contributed by atoms with Gasteiger partial charge in [0.1, 0.15) is 10.7 Å². The summed E-state index contributed by atoms with van der Waals surface area (Å²) < 4.78 is 36.0. The van der Waals surface area contributed by atoms with Gasteiger partial charge in [0.25, 0.3) is 0 Å². The lowest BCUT2D eigenvalue weighted by Gasteiger charge is -2.18. The van der Waals surface area contributed by atoms with E-state index in [1.807, 2.05) is 0 Å². The standard InChI is InChI=1S/C11H18N2O5S.ClH/c1-7-9(5-8(18-7)10(14)17-4)19(15,16)13-6-11(2,3)12;/h5,13H,6,12H2,1-4H3;1H. The zero-order valence-electron chi connectivity index (χ0n) is 11.7. The van der Waals surface area contributed by atoms with Crippen molar-refractivity contribution < 1.29 is 22.4 Å². The third-order valence-corrected chi connectivity index (χ3v) is 3.77. The molecule has 0 atom stereocenters. The van der Waals surface area contributed by atoms with E-state index in [2.05, 4.69) is 9.46 Å². The zero-order valence-corrected chi connectivity index (χ0v) is 13.4. The first kappa shape index (κ1) is 18.9. The summed E-state index contributed by atoms with van der Waals surface area (Å²) in [6.07, 6.45) is 0. The highest BCUT2D eigenvalue weighted by Crippen LogP contribution is 2.20. The summed E-state index contributed by atoms with van der Waals surface area (Å²) in [6, 6.07) is 1.13. The van der Waals surface area contributed by atoms with Gasteiger partial charge in [-0.3, -0.25) is 0 Å². The van der Waals surface area contributed by atoms with Crippen LogP contribution in [0.3, 0.4) is 0 Å². The lowest BCUT2D eigenvalue weighted by Crippen LogP contribution is -2.45. The fourth-order valence-corrected chi connectivity index (χ4v) is 2.69.